The van der Waals surface area contributed by atoms with Gasteiger partial charge in [-0.1, -0.05) is 36.4 Å². The molecule has 0 radical (unpaired) electrons. The predicted octanol–water partition coefficient (Wildman–Crippen LogP) is 7.55. The van der Waals surface area contributed by atoms with Gasteiger partial charge in [0.2, 0.25) is 0 Å². The van der Waals surface area contributed by atoms with Crippen molar-refractivity contribution in [3.8, 4) is 5.75 Å². The average Bonchev–Trinajstić information content (AvgIpc) is 2.82. The molecule has 0 atom stereocenters. The number of ether oxygens (including phenoxy) is 1. The Morgan fingerprint density at radius 2 is 1.77 bits per heavy atom. The molecule has 0 unspecified atom stereocenters. The van der Waals surface area contributed by atoms with Crippen LogP contribution in [0.3, 0.4) is 0 Å². The summed E-state index contributed by atoms with van der Waals surface area (Å²) in [4.78, 5) is 10.3. The van der Waals surface area contributed by atoms with Crippen LogP contribution in [0.5, 0.6) is 5.75 Å². The Morgan fingerprint density at radius 3 is 2.49 bits per heavy atom. The molecule has 0 aliphatic heterocycles. The van der Waals surface area contributed by atoms with Crippen molar-refractivity contribution in [3.05, 3.63) is 110 Å². The first-order valence-electron chi connectivity index (χ1n) is 10.3. The number of nitro groups is 1. The molecule has 10 heteroatoms. The maximum Gasteiger partial charge on any atom is 0.416 e. The van der Waals surface area contributed by atoms with E-state index in [1.165, 1.54) is 6.21 Å². The van der Waals surface area contributed by atoms with Gasteiger partial charge in [-0.15, -0.1) is 0 Å². The molecule has 0 saturated carbocycles. The molecule has 0 saturated heterocycles. The van der Waals surface area contributed by atoms with Crippen LogP contribution in [0.4, 0.5) is 24.5 Å². The Balaban J connectivity index is 1.42. The van der Waals surface area contributed by atoms with Gasteiger partial charge in [-0.3, -0.25) is 15.5 Å². The Hall–Kier alpha value is -3.92. The van der Waals surface area contributed by atoms with Crippen LogP contribution in [0.25, 0.3) is 10.8 Å². The topological polar surface area (TPSA) is 76.8 Å². The summed E-state index contributed by atoms with van der Waals surface area (Å²) in [5, 5.41) is 17.4. The second-order valence-electron chi connectivity index (χ2n) is 7.52. The van der Waals surface area contributed by atoms with Crippen LogP contribution in [0.2, 0.25) is 0 Å². The minimum atomic E-state index is -4.68. The van der Waals surface area contributed by atoms with Crippen LogP contribution in [0.1, 0.15) is 16.7 Å². The van der Waals surface area contributed by atoms with E-state index in [1.807, 2.05) is 36.4 Å². The van der Waals surface area contributed by atoms with Gasteiger partial charge in [0, 0.05) is 6.07 Å². The van der Waals surface area contributed by atoms with Crippen LogP contribution in [-0.2, 0) is 12.8 Å². The smallest absolute Gasteiger partial charge is 0.416 e. The van der Waals surface area contributed by atoms with E-state index in [2.05, 4.69) is 32.5 Å². The lowest BCUT2D eigenvalue weighted by Gasteiger charge is -2.10. The molecule has 35 heavy (non-hydrogen) atoms. The van der Waals surface area contributed by atoms with Crippen molar-refractivity contribution in [2.75, 3.05) is 5.43 Å². The molecule has 0 aliphatic rings. The molecular formula is C25H17BrF3N3O3. The number of rotatable bonds is 7. The fraction of sp³-hybridized carbons (Fsp3) is 0.0800. The van der Waals surface area contributed by atoms with Crippen molar-refractivity contribution in [2.45, 2.75) is 12.8 Å². The highest BCUT2D eigenvalue weighted by Crippen LogP contribution is 2.35. The quantitative estimate of drug-likeness (QED) is 0.148. The fourth-order valence-corrected chi connectivity index (χ4v) is 3.84. The highest BCUT2D eigenvalue weighted by Gasteiger charge is 2.33. The number of nitrogens with one attached hydrogen (secondary N) is 1. The van der Waals surface area contributed by atoms with Gasteiger partial charge in [0.15, 0.2) is 0 Å². The van der Waals surface area contributed by atoms with Crippen LogP contribution in [0, 0.1) is 10.1 Å². The summed E-state index contributed by atoms with van der Waals surface area (Å²) in [7, 11) is 0. The molecule has 0 amide bonds. The normalized spacial score (nSPS) is 11.7. The van der Waals surface area contributed by atoms with Gasteiger partial charge in [0.1, 0.15) is 18.0 Å². The van der Waals surface area contributed by atoms with Gasteiger partial charge in [-0.2, -0.15) is 18.3 Å². The van der Waals surface area contributed by atoms with Gasteiger partial charge in [0.05, 0.1) is 21.2 Å². The predicted molar refractivity (Wildman–Crippen MR) is 132 cm³/mol. The van der Waals surface area contributed by atoms with E-state index in [-0.39, 0.29) is 5.69 Å². The molecular weight excluding hydrogens is 527 g/mol. The Bertz CT molecular complexity index is 1420. The largest absolute Gasteiger partial charge is 0.488 e. The molecule has 4 aromatic carbocycles. The maximum absolute atomic E-state index is 12.8. The highest BCUT2D eigenvalue weighted by molar-refractivity contribution is 9.10. The summed E-state index contributed by atoms with van der Waals surface area (Å²) in [5.41, 5.74) is 2.09. The van der Waals surface area contributed by atoms with Gasteiger partial charge < -0.3 is 4.74 Å². The summed E-state index contributed by atoms with van der Waals surface area (Å²) >= 11 is 3.45. The van der Waals surface area contributed by atoms with Gasteiger partial charge in [-0.05, 0) is 74.2 Å². The first-order valence-corrected chi connectivity index (χ1v) is 11.0. The number of halogens is 4. The van der Waals surface area contributed by atoms with Crippen molar-refractivity contribution in [3.63, 3.8) is 0 Å². The Labute approximate surface area is 206 Å². The molecule has 0 aliphatic carbocycles. The molecule has 1 N–H and O–H groups in total. The van der Waals surface area contributed by atoms with Crippen LogP contribution in [0.15, 0.2) is 88.4 Å². The lowest BCUT2D eigenvalue weighted by atomic mass is 10.1. The van der Waals surface area contributed by atoms with Crippen molar-refractivity contribution in [1.29, 1.82) is 0 Å². The molecule has 178 valence electrons. The van der Waals surface area contributed by atoms with E-state index >= 15 is 0 Å². The first kappa shape index (κ1) is 24.2. The number of nitro benzene ring substituents is 1. The molecule has 0 spiro atoms. The van der Waals surface area contributed by atoms with Gasteiger partial charge >= 0.3 is 6.18 Å². The molecule has 4 rings (SSSR count). The SMILES string of the molecule is O=[N+]([O-])c1cc(C(F)(F)F)ccc1N/N=C\c1ccc(OCc2ccc3ccccc3c2)c(Br)c1. The number of fused-ring (bicyclic) bond motifs is 1. The first-order chi connectivity index (χ1) is 16.7. The van der Waals surface area contributed by atoms with E-state index in [9.17, 15) is 23.3 Å². The Morgan fingerprint density at radius 1 is 1.00 bits per heavy atom. The molecule has 6 nitrogen and oxygen atoms in total. The van der Waals surface area contributed by atoms with E-state index in [0.29, 0.717) is 28.5 Å². The summed E-state index contributed by atoms with van der Waals surface area (Å²) < 4.78 is 45.1. The third-order valence-corrected chi connectivity index (χ3v) is 5.70. The van der Waals surface area contributed by atoms with Gasteiger partial charge in [-0.25, -0.2) is 0 Å². The van der Waals surface area contributed by atoms with Crippen LogP contribution < -0.4 is 10.2 Å². The van der Waals surface area contributed by atoms with Crippen LogP contribution >= 0.6 is 15.9 Å². The molecule has 4 aromatic rings. The van der Waals surface area contributed by atoms with E-state index in [4.69, 9.17) is 4.74 Å². The standard InChI is InChI=1S/C25H17BrF3N3O3/c26-21-12-16(14-30-31-22-9-8-20(25(27,28)29)13-23(22)32(33)34)6-10-24(21)35-15-17-5-7-18-3-1-2-4-19(18)11-17/h1-14,31H,15H2/b30-14-. The Kier molecular flexibility index (Phi) is 7.02. The number of nitrogens with zero attached hydrogens (tertiary/aromatic N) is 2. The van der Waals surface area contributed by atoms with E-state index < -0.39 is 22.4 Å². The summed E-state index contributed by atoms with van der Waals surface area (Å²) in [5.74, 6) is 0.613. The van der Waals surface area contributed by atoms with Gasteiger partial charge in [0.25, 0.3) is 5.69 Å². The van der Waals surface area contributed by atoms with Crippen molar-refractivity contribution in [2.24, 2.45) is 5.10 Å². The van der Waals surface area contributed by atoms with E-state index in [0.717, 1.165) is 28.5 Å². The zero-order valence-corrected chi connectivity index (χ0v) is 19.5. The van der Waals surface area contributed by atoms with Crippen molar-refractivity contribution >= 4 is 44.3 Å². The second kappa shape index (κ2) is 10.1. The number of alkyl halides is 3. The molecule has 0 bridgehead atoms. The number of anilines is 1. The minimum Gasteiger partial charge on any atom is -0.488 e. The number of benzene rings is 4. The minimum absolute atomic E-state index is 0.159. The molecule has 0 aromatic heterocycles. The highest BCUT2D eigenvalue weighted by atomic mass is 79.9. The third-order valence-electron chi connectivity index (χ3n) is 5.08. The summed E-state index contributed by atoms with van der Waals surface area (Å²) in [6, 6.07) is 21.6. The summed E-state index contributed by atoms with van der Waals surface area (Å²) in [6.45, 7) is 0.371. The van der Waals surface area contributed by atoms with E-state index in [1.54, 1.807) is 18.2 Å². The maximum atomic E-state index is 12.8. The van der Waals surface area contributed by atoms with Crippen LogP contribution in [-0.4, -0.2) is 11.1 Å². The number of hydrogen-bond donors (Lipinski definition) is 1. The number of hydrogen-bond acceptors (Lipinski definition) is 5. The van der Waals surface area contributed by atoms with Crippen molar-refractivity contribution in [1.82, 2.24) is 0 Å². The molecule has 0 heterocycles. The fourth-order valence-electron chi connectivity index (χ4n) is 3.33. The molecule has 0 fully saturated rings. The zero-order valence-electron chi connectivity index (χ0n) is 17.9. The second-order valence-corrected chi connectivity index (χ2v) is 8.37. The number of hydrazone groups is 1. The monoisotopic (exact) mass is 543 g/mol. The lowest BCUT2D eigenvalue weighted by Crippen LogP contribution is -2.06. The summed E-state index contributed by atoms with van der Waals surface area (Å²) in [6.07, 6.45) is -3.30. The average molecular weight is 544 g/mol. The third kappa shape index (κ3) is 5.96. The lowest BCUT2D eigenvalue weighted by molar-refractivity contribution is -0.384. The zero-order chi connectivity index (χ0) is 25.0. The van der Waals surface area contributed by atoms with Crippen molar-refractivity contribution < 1.29 is 22.8 Å².